The summed E-state index contributed by atoms with van der Waals surface area (Å²) in [5.74, 6) is 2.14. The molecule has 0 bridgehead atoms. The largest absolute Gasteiger partial charge is 0.461 e. The number of ether oxygens (including phenoxy) is 2. The van der Waals surface area contributed by atoms with Crippen molar-refractivity contribution in [1.82, 2.24) is 19.7 Å². The fraction of sp³-hybridized carbons (Fsp3) is 0.381. The quantitative estimate of drug-likeness (QED) is 0.510. The second kappa shape index (κ2) is 9.92. The summed E-state index contributed by atoms with van der Waals surface area (Å²) in [7, 11) is 1.67. The minimum absolute atomic E-state index is 0.0555. The van der Waals surface area contributed by atoms with Crippen molar-refractivity contribution in [2.75, 3.05) is 40.0 Å². The van der Waals surface area contributed by atoms with Gasteiger partial charge in [-0.1, -0.05) is 23.9 Å². The van der Waals surface area contributed by atoms with E-state index in [1.807, 2.05) is 45.9 Å². The fourth-order valence-corrected chi connectivity index (χ4v) is 4.13. The van der Waals surface area contributed by atoms with Gasteiger partial charge in [-0.15, -0.1) is 10.2 Å². The second-order valence-corrected chi connectivity index (χ2v) is 7.76. The van der Waals surface area contributed by atoms with Gasteiger partial charge in [0.15, 0.2) is 10.9 Å². The van der Waals surface area contributed by atoms with Crippen LogP contribution in [0.25, 0.3) is 11.6 Å². The van der Waals surface area contributed by atoms with Crippen molar-refractivity contribution in [3.05, 3.63) is 53.8 Å². The van der Waals surface area contributed by atoms with Crippen LogP contribution in [0.2, 0.25) is 0 Å². The zero-order valence-corrected chi connectivity index (χ0v) is 17.6. The van der Waals surface area contributed by atoms with E-state index in [9.17, 15) is 4.79 Å². The number of methoxy groups -OCH3 is 1. The Morgan fingerprint density at radius 2 is 1.97 bits per heavy atom. The summed E-state index contributed by atoms with van der Waals surface area (Å²) in [6.07, 6.45) is 1.62. The zero-order valence-electron chi connectivity index (χ0n) is 16.8. The van der Waals surface area contributed by atoms with Crippen molar-refractivity contribution >= 4 is 17.7 Å². The van der Waals surface area contributed by atoms with Crippen LogP contribution in [0.4, 0.5) is 0 Å². The van der Waals surface area contributed by atoms with E-state index < -0.39 is 0 Å². The lowest BCUT2D eigenvalue weighted by molar-refractivity contribution is 0.0303. The molecule has 8 nitrogen and oxygen atoms in total. The maximum atomic E-state index is 12.6. The Labute approximate surface area is 179 Å². The highest BCUT2D eigenvalue weighted by Crippen LogP contribution is 2.27. The number of hydrogen-bond acceptors (Lipinski definition) is 7. The second-order valence-electron chi connectivity index (χ2n) is 6.82. The standard InChI is InChI=1S/C21H24N4O4S/c1-27-12-10-25-19(18-3-2-11-29-18)22-23-21(25)30-15-16-4-6-17(7-5-16)20(26)24-8-13-28-14-9-24/h2-7,11H,8-10,12-15H2,1H3. The Morgan fingerprint density at radius 3 is 2.67 bits per heavy atom. The third kappa shape index (κ3) is 4.75. The molecule has 3 heterocycles. The van der Waals surface area contributed by atoms with Gasteiger partial charge in [-0.05, 0) is 29.8 Å². The number of nitrogens with zero attached hydrogens (tertiary/aromatic N) is 4. The first-order chi connectivity index (χ1) is 14.8. The Kier molecular flexibility index (Phi) is 6.83. The summed E-state index contributed by atoms with van der Waals surface area (Å²) >= 11 is 1.59. The molecular weight excluding hydrogens is 404 g/mol. The van der Waals surface area contributed by atoms with E-state index in [1.54, 1.807) is 25.1 Å². The highest BCUT2D eigenvalue weighted by Gasteiger charge is 2.19. The van der Waals surface area contributed by atoms with Crippen LogP contribution in [0.1, 0.15) is 15.9 Å². The molecule has 0 aliphatic carbocycles. The molecule has 3 aromatic rings. The molecule has 0 atom stereocenters. The molecule has 1 amide bonds. The number of amides is 1. The molecule has 0 spiro atoms. The van der Waals surface area contributed by atoms with E-state index in [2.05, 4.69) is 10.2 Å². The Morgan fingerprint density at radius 1 is 1.17 bits per heavy atom. The lowest BCUT2D eigenvalue weighted by Crippen LogP contribution is -2.40. The van der Waals surface area contributed by atoms with E-state index in [4.69, 9.17) is 13.9 Å². The van der Waals surface area contributed by atoms with E-state index >= 15 is 0 Å². The predicted molar refractivity (Wildman–Crippen MR) is 112 cm³/mol. The van der Waals surface area contributed by atoms with Gasteiger partial charge in [0, 0.05) is 31.5 Å². The molecule has 1 aliphatic heterocycles. The molecule has 4 rings (SSSR count). The molecule has 0 saturated carbocycles. The van der Waals surface area contributed by atoms with Crippen LogP contribution in [0, 0.1) is 0 Å². The molecule has 30 heavy (non-hydrogen) atoms. The molecular formula is C21H24N4O4S. The van der Waals surface area contributed by atoms with Gasteiger partial charge in [0.05, 0.1) is 32.6 Å². The molecule has 1 saturated heterocycles. The van der Waals surface area contributed by atoms with Gasteiger partial charge in [-0.3, -0.25) is 9.36 Å². The number of morpholine rings is 1. The monoisotopic (exact) mass is 428 g/mol. The molecule has 1 fully saturated rings. The summed E-state index contributed by atoms with van der Waals surface area (Å²) in [5.41, 5.74) is 1.81. The van der Waals surface area contributed by atoms with Gasteiger partial charge in [0.2, 0.25) is 5.82 Å². The van der Waals surface area contributed by atoms with E-state index in [0.29, 0.717) is 56.6 Å². The predicted octanol–water partition coefficient (Wildman–Crippen LogP) is 2.95. The van der Waals surface area contributed by atoms with Crippen molar-refractivity contribution in [3.8, 4) is 11.6 Å². The van der Waals surface area contributed by atoms with Crippen LogP contribution >= 0.6 is 11.8 Å². The first-order valence-corrected chi connectivity index (χ1v) is 10.8. The molecule has 9 heteroatoms. The number of carbonyl (C=O) groups excluding carboxylic acids is 1. The molecule has 0 unspecified atom stereocenters. The molecule has 1 aromatic carbocycles. The summed E-state index contributed by atoms with van der Waals surface area (Å²) in [4.78, 5) is 14.4. The van der Waals surface area contributed by atoms with Crippen LogP contribution in [0.5, 0.6) is 0 Å². The molecule has 1 aliphatic rings. The first-order valence-electron chi connectivity index (χ1n) is 9.81. The summed E-state index contributed by atoms with van der Waals surface area (Å²) in [6.45, 7) is 3.68. The summed E-state index contributed by atoms with van der Waals surface area (Å²) < 4.78 is 18.0. The first kappa shape index (κ1) is 20.6. The fourth-order valence-electron chi connectivity index (χ4n) is 3.21. The smallest absolute Gasteiger partial charge is 0.254 e. The molecule has 0 N–H and O–H groups in total. The van der Waals surface area contributed by atoms with Gasteiger partial charge in [0.1, 0.15) is 0 Å². The summed E-state index contributed by atoms with van der Waals surface area (Å²) in [5, 5.41) is 9.43. The van der Waals surface area contributed by atoms with Crippen molar-refractivity contribution in [1.29, 1.82) is 0 Å². The lowest BCUT2D eigenvalue weighted by Gasteiger charge is -2.26. The van der Waals surface area contributed by atoms with Crippen molar-refractivity contribution in [2.45, 2.75) is 17.5 Å². The topological polar surface area (TPSA) is 82.6 Å². The molecule has 2 aromatic heterocycles. The minimum Gasteiger partial charge on any atom is -0.461 e. The number of furan rings is 1. The van der Waals surface area contributed by atoms with Gasteiger partial charge in [0.25, 0.3) is 5.91 Å². The third-order valence-electron chi connectivity index (χ3n) is 4.84. The van der Waals surface area contributed by atoms with Gasteiger partial charge in [-0.25, -0.2) is 0 Å². The maximum Gasteiger partial charge on any atom is 0.254 e. The molecule has 158 valence electrons. The van der Waals surface area contributed by atoms with E-state index in [1.165, 1.54) is 0 Å². The Balaban J connectivity index is 1.42. The van der Waals surface area contributed by atoms with Crippen molar-refractivity contribution in [3.63, 3.8) is 0 Å². The Bertz CT molecular complexity index is 950. The Hall–Kier alpha value is -2.62. The average Bonchev–Trinajstić information content (AvgIpc) is 3.46. The maximum absolute atomic E-state index is 12.6. The number of aromatic nitrogens is 3. The normalized spacial score (nSPS) is 14.2. The molecule has 0 radical (unpaired) electrons. The zero-order chi connectivity index (χ0) is 20.8. The number of carbonyl (C=O) groups is 1. The van der Waals surface area contributed by atoms with Crippen molar-refractivity contribution < 1.29 is 18.7 Å². The minimum atomic E-state index is 0.0555. The summed E-state index contributed by atoms with van der Waals surface area (Å²) in [6, 6.07) is 11.5. The third-order valence-corrected chi connectivity index (χ3v) is 5.88. The number of rotatable bonds is 8. The van der Waals surface area contributed by atoms with Gasteiger partial charge < -0.3 is 18.8 Å². The number of hydrogen-bond donors (Lipinski definition) is 0. The van der Waals surface area contributed by atoms with Gasteiger partial charge >= 0.3 is 0 Å². The lowest BCUT2D eigenvalue weighted by atomic mass is 10.1. The van der Waals surface area contributed by atoms with Crippen LogP contribution in [-0.2, 0) is 21.8 Å². The number of benzene rings is 1. The number of thioether (sulfide) groups is 1. The van der Waals surface area contributed by atoms with Crippen LogP contribution in [0.15, 0.2) is 52.2 Å². The van der Waals surface area contributed by atoms with Crippen LogP contribution in [-0.4, -0.2) is 65.6 Å². The van der Waals surface area contributed by atoms with E-state index in [0.717, 1.165) is 16.5 Å². The van der Waals surface area contributed by atoms with Gasteiger partial charge in [-0.2, -0.15) is 0 Å². The van der Waals surface area contributed by atoms with E-state index in [-0.39, 0.29) is 5.91 Å². The highest BCUT2D eigenvalue weighted by atomic mass is 32.2. The van der Waals surface area contributed by atoms with Crippen LogP contribution in [0.3, 0.4) is 0 Å². The van der Waals surface area contributed by atoms with Crippen molar-refractivity contribution in [2.24, 2.45) is 0 Å². The van der Waals surface area contributed by atoms with Crippen LogP contribution < -0.4 is 0 Å². The average molecular weight is 429 g/mol. The SMILES string of the molecule is COCCn1c(SCc2ccc(C(=O)N3CCOCC3)cc2)nnc1-c1ccco1. The highest BCUT2D eigenvalue weighted by molar-refractivity contribution is 7.98.